The Balaban J connectivity index is 2.47. The van der Waals surface area contributed by atoms with Gasteiger partial charge in [-0.15, -0.1) is 23.5 Å². The first-order chi connectivity index (χ1) is 9.55. The quantitative estimate of drug-likeness (QED) is 0.631. The lowest BCUT2D eigenvalue weighted by molar-refractivity contribution is -0.139. The average molecular weight is 308 g/mol. The molecule has 0 saturated heterocycles. The summed E-state index contributed by atoms with van der Waals surface area (Å²) in [5, 5.41) is 0. The molecule has 1 aromatic carbocycles. The molecule has 0 aromatic heterocycles. The van der Waals surface area contributed by atoms with E-state index in [9.17, 15) is 9.59 Å². The van der Waals surface area contributed by atoms with Crippen LogP contribution in [0.15, 0.2) is 42.2 Å². The molecule has 0 fully saturated rings. The summed E-state index contributed by atoms with van der Waals surface area (Å²) in [4.78, 5) is 23.8. The van der Waals surface area contributed by atoms with E-state index in [1.807, 2.05) is 42.8 Å². The van der Waals surface area contributed by atoms with Gasteiger partial charge in [-0.3, -0.25) is 9.59 Å². The maximum Gasteiger partial charge on any atom is 0.308 e. The molecule has 20 heavy (non-hydrogen) atoms. The van der Waals surface area contributed by atoms with Crippen LogP contribution in [0, 0.1) is 0 Å². The van der Waals surface area contributed by atoms with E-state index < -0.39 is 10.0 Å². The molecule has 1 aromatic rings. The van der Waals surface area contributed by atoms with Gasteiger partial charge >= 0.3 is 5.97 Å². The molecule has 5 heteroatoms. The van der Waals surface area contributed by atoms with Crippen LogP contribution in [0.2, 0.25) is 0 Å². The highest BCUT2D eigenvalue weighted by Crippen LogP contribution is 2.53. The minimum absolute atomic E-state index is 0.101. The van der Waals surface area contributed by atoms with Crippen LogP contribution >= 0.6 is 23.5 Å². The largest absolute Gasteiger partial charge is 0.423 e. The van der Waals surface area contributed by atoms with Crippen LogP contribution in [0.4, 0.5) is 0 Å². The van der Waals surface area contributed by atoms with Gasteiger partial charge in [0.05, 0.1) is 0 Å². The maximum atomic E-state index is 12.6. The van der Waals surface area contributed by atoms with Crippen molar-refractivity contribution in [1.29, 1.82) is 0 Å². The highest BCUT2D eigenvalue weighted by atomic mass is 32.2. The lowest BCUT2D eigenvalue weighted by atomic mass is 9.98. The van der Waals surface area contributed by atoms with Gasteiger partial charge in [0.1, 0.15) is 4.08 Å². The van der Waals surface area contributed by atoms with Gasteiger partial charge in [-0.2, -0.15) is 0 Å². The smallest absolute Gasteiger partial charge is 0.308 e. The van der Waals surface area contributed by atoms with Crippen molar-refractivity contribution < 1.29 is 14.3 Å². The van der Waals surface area contributed by atoms with Crippen LogP contribution in [0.1, 0.15) is 18.4 Å². The van der Waals surface area contributed by atoms with Gasteiger partial charge in [-0.1, -0.05) is 30.3 Å². The summed E-state index contributed by atoms with van der Waals surface area (Å²) < 4.78 is 4.42. The Labute approximate surface area is 127 Å². The van der Waals surface area contributed by atoms with Crippen LogP contribution < -0.4 is 0 Å². The number of ketones is 1. The molecule has 1 unspecified atom stereocenters. The van der Waals surface area contributed by atoms with E-state index in [-0.39, 0.29) is 17.5 Å². The van der Waals surface area contributed by atoms with Crippen LogP contribution in [-0.2, 0) is 14.3 Å². The second-order valence-electron chi connectivity index (χ2n) is 4.42. The first-order valence-electron chi connectivity index (χ1n) is 6.15. The SMILES string of the molecule is CSC1(SC)C(=O)C(OC(C)=O)=CC1c1ccccc1. The molecule has 2 rings (SSSR count). The number of rotatable bonds is 4. The molecule has 3 nitrogen and oxygen atoms in total. The highest BCUT2D eigenvalue weighted by Gasteiger charge is 2.51. The number of carbonyl (C=O) groups is 2. The fourth-order valence-corrected chi connectivity index (χ4v) is 4.54. The Kier molecular flexibility index (Phi) is 4.60. The third-order valence-electron chi connectivity index (χ3n) is 3.29. The minimum atomic E-state index is -0.661. The number of allylic oxidation sites excluding steroid dienone is 2. The van der Waals surface area contributed by atoms with Crippen molar-refractivity contribution >= 4 is 35.3 Å². The zero-order valence-electron chi connectivity index (χ0n) is 11.6. The summed E-state index contributed by atoms with van der Waals surface area (Å²) in [6.45, 7) is 1.31. The third kappa shape index (κ3) is 2.52. The van der Waals surface area contributed by atoms with E-state index in [0.717, 1.165) is 5.56 Å². The van der Waals surface area contributed by atoms with Crippen molar-refractivity contribution in [3.63, 3.8) is 0 Å². The normalized spacial score (nSPS) is 20.6. The summed E-state index contributed by atoms with van der Waals surface area (Å²) in [5.41, 5.74) is 1.05. The van der Waals surface area contributed by atoms with Gasteiger partial charge in [0.15, 0.2) is 5.76 Å². The number of hydrogen-bond donors (Lipinski definition) is 0. The van der Waals surface area contributed by atoms with E-state index >= 15 is 0 Å². The van der Waals surface area contributed by atoms with E-state index in [1.54, 1.807) is 6.08 Å². The standard InChI is InChI=1S/C15H16O3S2/c1-10(16)18-13-9-12(11-7-5-4-6-8-11)15(19-2,20-3)14(13)17/h4-9,12H,1-3H3. The molecule has 0 saturated carbocycles. The lowest BCUT2D eigenvalue weighted by Gasteiger charge is -2.30. The monoisotopic (exact) mass is 308 g/mol. The second-order valence-corrected chi connectivity index (χ2v) is 6.78. The maximum absolute atomic E-state index is 12.6. The molecule has 1 atom stereocenters. The van der Waals surface area contributed by atoms with Crippen molar-refractivity contribution in [2.75, 3.05) is 12.5 Å². The number of esters is 1. The average Bonchev–Trinajstić information content (AvgIpc) is 2.73. The third-order valence-corrected chi connectivity index (χ3v) is 6.38. The summed E-state index contributed by atoms with van der Waals surface area (Å²) >= 11 is 2.98. The minimum Gasteiger partial charge on any atom is -0.423 e. The van der Waals surface area contributed by atoms with Gasteiger partial charge < -0.3 is 4.74 Å². The molecular weight excluding hydrogens is 292 g/mol. The second kappa shape index (κ2) is 6.06. The van der Waals surface area contributed by atoms with Crippen LogP contribution in [-0.4, -0.2) is 28.3 Å². The predicted octanol–water partition coefficient (Wildman–Crippen LogP) is 3.22. The van der Waals surface area contributed by atoms with Gasteiger partial charge in [0.2, 0.25) is 5.78 Å². The van der Waals surface area contributed by atoms with Gasteiger partial charge in [0, 0.05) is 12.8 Å². The summed E-state index contributed by atoms with van der Waals surface area (Å²) in [7, 11) is 0. The molecule has 0 radical (unpaired) electrons. The van der Waals surface area contributed by atoms with Crippen LogP contribution in [0.25, 0.3) is 0 Å². The number of ether oxygens (including phenoxy) is 1. The Hall–Kier alpha value is -1.20. The van der Waals surface area contributed by atoms with E-state index in [1.165, 1.54) is 30.4 Å². The molecule has 1 aliphatic carbocycles. The van der Waals surface area contributed by atoms with Crippen LogP contribution in [0.3, 0.4) is 0 Å². The Bertz CT molecular complexity index is 547. The number of Topliss-reactive ketones (excluding diaryl/α,β-unsaturated/α-hetero) is 1. The molecule has 0 bridgehead atoms. The lowest BCUT2D eigenvalue weighted by Crippen LogP contribution is -2.33. The number of hydrogen-bond acceptors (Lipinski definition) is 5. The van der Waals surface area contributed by atoms with Crippen molar-refractivity contribution in [3.8, 4) is 0 Å². The fourth-order valence-electron chi connectivity index (χ4n) is 2.38. The molecule has 106 valence electrons. The molecular formula is C15H16O3S2. The van der Waals surface area contributed by atoms with Crippen LogP contribution in [0.5, 0.6) is 0 Å². The van der Waals surface area contributed by atoms with Crippen molar-refractivity contribution in [3.05, 3.63) is 47.7 Å². The molecule has 0 N–H and O–H groups in total. The number of carbonyl (C=O) groups excluding carboxylic acids is 2. The summed E-state index contributed by atoms with van der Waals surface area (Å²) in [6.07, 6.45) is 5.59. The Morgan fingerprint density at radius 1 is 1.20 bits per heavy atom. The summed E-state index contributed by atoms with van der Waals surface area (Å²) in [5.74, 6) is -0.526. The topological polar surface area (TPSA) is 43.4 Å². The number of benzene rings is 1. The van der Waals surface area contributed by atoms with Crippen molar-refractivity contribution in [2.24, 2.45) is 0 Å². The van der Waals surface area contributed by atoms with E-state index in [4.69, 9.17) is 4.74 Å². The number of thioether (sulfide) groups is 2. The molecule has 0 heterocycles. The fraction of sp³-hybridized carbons (Fsp3) is 0.333. The first-order valence-corrected chi connectivity index (χ1v) is 8.60. The molecule has 0 spiro atoms. The summed E-state index contributed by atoms with van der Waals surface area (Å²) in [6, 6.07) is 9.82. The highest BCUT2D eigenvalue weighted by molar-refractivity contribution is 8.18. The van der Waals surface area contributed by atoms with Gasteiger partial charge in [0.25, 0.3) is 0 Å². The molecule has 1 aliphatic rings. The van der Waals surface area contributed by atoms with Gasteiger partial charge in [-0.25, -0.2) is 0 Å². The van der Waals surface area contributed by atoms with E-state index in [2.05, 4.69) is 0 Å². The first kappa shape index (κ1) is 15.2. The van der Waals surface area contributed by atoms with E-state index in [0.29, 0.717) is 0 Å². The Morgan fingerprint density at radius 3 is 2.30 bits per heavy atom. The van der Waals surface area contributed by atoms with Crippen molar-refractivity contribution in [2.45, 2.75) is 16.9 Å². The zero-order valence-corrected chi connectivity index (χ0v) is 13.2. The molecule has 0 amide bonds. The van der Waals surface area contributed by atoms with Crippen molar-refractivity contribution in [1.82, 2.24) is 0 Å². The molecule has 0 aliphatic heterocycles. The predicted molar refractivity (Wildman–Crippen MR) is 83.8 cm³/mol. The zero-order chi connectivity index (χ0) is 14.8. The van der Waals surface area contributed by atoms with Gasteiger partial charge in [-0.05, 0) is 24.2 Å². The Morgan fingerprint density at radius 2 is 1.80 bits per heavy atom.